The molecule has 0 spiro atoms. The molecule has 1 heterocycles. The van der Waals surface area contributed by atoms with Crippen LogP contribution in [0.2, 0.25) is 0 Å². The Labute approximate surface area is 185 Å². The smallest absolute Gasteiger partial charge is 0.363 e. The Morgan fingerprint density at radius 2 is 1.81 bits per heavy atom. The third kappa shape index (κ3) is 4.75. The molecule has 0 unspecified atom stereocenters. The first-order valence-electron chi connectivity index (χ1n) is 10.2. The molecule has 3 aromatic rings. The van der Waals surface area contributed by atoms with Crippen molar-refractivity contribution in [3.63, 3.8) is 0 Å². The van der Waals surface area contributed by atoms with Crippen LogP contribution in [0.25, 0.3) is 6.08 Å². The van der Waals surface area contributed by atoms with E-state index in [2.05, 4.69) is 4.99 Å². The summed E-state index contributed by atoms with van der Waals surface area (Å²) >= 11 is 0. The Bertz CT molecular complexity index is 1230. The second kappa shape index (κ2) is 9.31. The van der Waals surface area contributed by atoms with Gasteiger partial charge in [0.15, 0.2) is 17.2 Å². The minimum atomic E-state index is -0.529. The van der Waals surface area contributed by atoms with Gasteiger partial charge in [-0.3, -0.25) is 0 Å². The van der Waals surface area contributed by atoms with Gasteiger partial charge in [0.25, 0.3) is 0 Å². The minimum Gasteiger partial charge on any atom is -0.490 e. The van der Waals surface area contributed by atoms with Crippen molar-refractivity contribution in [2.24, 2.45) is 4.99 Å². The van der Waals surface area contributed by atoms with E-state index in [9.17, 15) is 9.59 Å². The molecular weight excluding hydrogens is 406 g/mol. The Kier molecular flexibility index (Phi) is 6.12. The zero-order valence-corrected chi connectivity index (χ0v) is 17.7. The van der Waals surface area contributed by atoms with Gasteiger partial charge in [0.2, 0.25) is 5.90 Å². The van der Waals surface area contributed by atoms with Crippen LogP contribution in [0.3, 0.4) is 0 Å². The summed E-state index contributed by atoms with van der Waals surface area (Å²) < 4.78 is 16.5. The van der Waals surface area contributed by atoms with Crippen LogP contribution < -0.4 is 9.47 Å². The molecule has 0 N–H and O–H groups in total. The molecule has 6 nitrogen and oxygen atoms in total. The van der Waals surface area contributed by atoms with E-state index in [4.69, 9.17) is 14.2 Å². The van der Waals surface area contributed by atoms with E-state index in [1.165, 1.54) is 0 Å². The summed E-state index contributed by atoms with van der Waals surface area (Å²) in [5.74, 6) is -0.0620. The number of nitrogens with zero attached hydrogens (tertiary/aromatic N) is 1. The van der Waals surface area contributed by atoms with Gasteiger partial charge in [-0.2, -0.15) is 0 Å². The summed E-state index contributed by atoms with van der Waals surface area (Å²) in [5, 5.41) is 0. The van der Waals surface area contributed by atoms with Gasteiger partial charge in [-0.15, -0.1) is 0 Å². The van der Waals surface area contributed by atoms with E-state index in [1.807, 2.05) is 44.2 Å². The van der Waals surface area contributed by atoms with Gasteiger partial charge in [0, 0.05) is 5.56 Å². The van der Waals surface area contributed by atoms with Crippen molar-refractivity contribution in [3.05, 3.63) is 101 Å². The van der Waals surface area contributed by atoms with Gasteiger partial charge in [0.05, 0.1) is 12.2 Å². The number of esters is 2. The molecule has 1 aliphatic heterocycles. The fourth-order valence-electron chi connectivity index (χ4n) is 3.17. The number of aliphatic imine (C=N–C) groups is 1. The van der Waals surface area contributed by atoms with Crippen LogP contribution >= 0.6 is 0 Å². The van der Waals surface area contributed by atoms with E-state index < -0.39 is 11.9 Å². The molecule has 0 bridgehead atoms. The fourth-order valence-corrected chi connectivity index (χ4v) is 3.17. The summed E-state index contributed by atoms with van der Waals surface area (Å²) in [7, 11) is 0. The predicted molar refractivity (Wildman–Crippen MR) is 121 cm³/mol. The van der Waals surface area contributed by atoms with Crippen molar-refractivity contribution < 1.29 is 23.8 Å². The molecular formula is C26H21NO5. The number of aryl methyl sites for hydroxylation is 1. The molecule has 0 atom stereocenters. The van der Waals surface area contributed by atoms with Crippen LogP contribution in [-0.2, 0) is 9.53 Å². The van der Waals surface area contributed by atoms with Crippen LogP contribution in [0, 0.1) is 6.92 Å². The van der Waals surface area contributed by atoms with Crippen molar-refractivity contribution in [1.29, 1.82) is 0 Å². The van der Waals surface area contributed by atoms with Crippen LogP contribution in [0.15, 0.2) is 83.5 Å². The van der Waals surface area contributed by atoms with Crippen molar-refractivity contribution >= 4 is 23.9 Å². The van der Waals surface area contributed by atoms with Crippen LogP contribution in [0.5, 0.6) is 11.5 Å². The molecule has 160 valence electrons. The number of carbonyl (C=O) groups excluding carboxylic acids is 2. The number of rotatable bonds is 6. The van der Waals surface area contributed by atoms with Gasteiger partial charge in [0.1, 0.15) is 0 Å². The van der Waals surface area contributed by atoms with Crippen LogP contribution in [0.1, 0.15) is 34.0 Å². The average molecular weight is 427 g/mol. The Morgan fingerprint density at radius 1 is 1.00 bits per heavy atom. The zero-order chi connectivity index (χ0) is 22.5. The van der Waals surface area contributed by atoms with Crippen LogP contribution in [0.4, 0.5) is 0 Å². The van der Waals surface area contributed by atoms with Crippen molar-refractivity contribution in [2.45, 2.75) is 13.8 Å². The number of hydrogen-bond acceptors (Lipinski definition) is 6. The number of carbonyl (C=O) groups is 2. The topological polar surface area (TPSA) is 74.2 Å². The third-order valence-corrected chi connectivity index (χ3v) is 4.67. The number of ether oxygens (including phenoxy) is 3. The van der Waals surface area contributed by atoms with Crippen LogP contribution in [-0.4, -0.2) is 24.4 Å². The summed E-state index contributed by atoms with van der Waals surface area (Å²) in [6.07, 6.45) is 1.61. The third-order valence-electron chi connectivity index (χ3n) is 4.67. The summed E-state index contributed by atoms with van der Waals surface area (Å²) in [6.45, 7) is 4.17. The van der Waals surface area contributed by atoms with Gasteiger partial charge in [-0.1, -0.05) is 42.0 Å². The highest BCUT2D eigenvalue weighted by atomic mass is 16.6. The van der Waals surface area contributed by atoms with E-state index in [0.29, 0.717) is 29.2 Å². The first kappa shape index (κ1) is 21.1. The Balaban J connectivity index is 1.60. The summed E-state index contributed by atoms with van der Waals surface area (Å²) in [5.41, 5.74) is 3.06. The van der Waals surface area contributed by atoms with E-state index in [-0.39, 0.29) is 11.6 Å². The molecule has 0 aromatic heterocycles. The van der Waals surface area contributed by atoms with Gasteiger partial charge in [-0.25, -0.2) is 14.6 Å². The molecule has 0 aliphatic carbocycles. The fraction of sp³-hybridized carbons (Fsp3) is 0.115. The molecule has 0 fully saturated rings. The Hall–Kier alpha value is -4.19. The van der Waals surface area contributed by atoms with Crippen molar-refractivity contribution in [2.75, 3.05) is 6.61 Å². The minimum absolute atomic E-state index is 0.179. The standard InChI is InChI=1S/C26H21NO5/c1-3-30-23-16-18(12-13-22(23)31-25(28)19-9-5-4-6-10-19)15-21-26(29)32-24(27-21)20-11-7-8-17(2)14-20/h4-16H,3H2,1-2H3/b21-15+. The number of benzene rings is 3. The quantitative estimate of drug-likeness (QED) is 0.316. The van der Waals surface area contributed by atoms with E-state index in [1.54, 1.807) is 48.5 Å². The largest absolute Gasteiger partial charge is 0.490 e. The highest BCUT2D eigenvalue weighted by Crippen LogP contribution is 2.31. The second-order valence-corrected chi connectivity index (χ2v) is 7.10. The molecule has 0 amide bonds. The maximum absolute atomic E-state index is 12.4. The lowest BCUT2D eigenvalue weighted by Gasteiger charge is -2.11. The van der Waals surface area contributed by atoms with E-state index >= 15 is 0 Å². The lowest BCUT2D eigenvalue weighted by Crippen LogP contribution is -2.09. The van der Waals surface area contributed by atoms with Gasteiger partial charge < -0.3 is 14.2 Å². The SMILES string of the molecule is CCOc1cc(/C=C2/N=C(c3cccc(C)c3)OC2=O)ccc1OC(=O)c1ccccc1. The Morgan fingerprint density at radius 3 is 2.56 bits per heavy atom. The maximum atomic E-state index is 12.4. The molecule has 6 heteroatoms. The first-order chi connectivity index (χ1) is 15.5. The monoisotopic (exact) mass is 427 g/mol. The molecule has 0 saturated carbocycles. The highest BCUT2D eigenvalue weighted by molar-refractivity contribution is 6.12. The van der Waals surface area contributed by atoms with E-state index in [0.717, 1.165) is 11.1 Å². The predicted octanol–water partition coefficient (Wildman–Crippen LogP) is 4.96. The van der Waals surface area contributed by atoms with Crippen molar-refractivity contribution in [3.8, 4) is 11.5 Å². The first-order valence-corrected chi connectivity index (χ1v) is 10.2. The molecule has 1 aliphatic rings. The summed E-state index contributed by atoms with van der Waals surface area (Å²) in [4.78, 5) is 29.1. The molecule has 3 aromatic carbocycles. The second-order valence-electron chi connectivity index (χ2n) is 7.10. The average Bonchev–Trinajstić information content (AvgIpc) is 3.16. The van der Waals surface area contributed by atoms with Gasteiger partial charge in [-0.05, 0) is 61.9 Å². The number of hydrogen-bond donors (Lipinski definition) is 0. The number of cyclic esters (lactones) is 1. The zero-order valence-electron chi connectivity index (χ0n) is 17.7. The molecule has 0 radical (unpaired) electrons. The molecule has 4 rings (SSSR count). The maximum Gasteiger partial charge on any atom is 0.363 e. The molecule has 32 heavy (non-hydrogen) atoms. The lowest BCUT2D eigenvalue weighted by molar-refractivity contribution is -0.129. The highest BCUT2D eigenvalue weighted by Gasteiger charge is 2.24. The normalized spacial score (nSPS) is 14.1. The lowest BCUT2D eigenvalue weighted by atomic mass is 10.1. The van der Waals surface area contributed by atoms with Gasteiger partial charge >= 0.3 is 11.9 Å². The summed E-state index contributed by atoms with van der Waals surface area (Å²) in [6, 6.07) is 21.3. The molecule has 0 saturated heterocycles. The van der Waals surface area contributed by atoms with Crippen molar-refractivity contribution in [1.82, 2.24) is 0 Å².